The average Bonchev–Trinajstić information content (AvgIpc) is 2.85. The van der Waals surface area contributed by atoms with Gasteiger partial charge in [-0.05, 0) is 93.4 Å². The van der Waals surface area contributed by atoms with Crippen molar-refractivity contribution in [3.63, 3.8) is 0 Å². The van der Waals surface area contributed by atoms with Crippen LogP contribution in [0.25, 0.3) is 0 Å². The third-order valence-electron chi connectivity index (χ3n) is 5.15. The number of halogens is 2. The van der Waals surface area contributed by atoms with Gasteiger partial charge in [0.2, 0.25) is 13.6 Å². The van der Waals surface area contributed by atoms with E-state index in [0.717, 1.165) is 0 Å². The quantitative estimate of drug-likeness (QED) is 0.120. The maximum atomic E-state index is 12.1. The second-order valence-electron chi connectivity index (χ2n) is 11.0. The summed E-state index contributed by atoms with van der Waals surface area (Å²) >= 11 is 11.1. The Morgan fingerprint density at radius 2 is 0.949 bits per heavy atom. The van der Waals surface area contributed by atoms with Crippen LogP contribution in [0.15, 0.2) is 0 Å². The van der Waals surface area contributed by atoms with Crippen LogP contribution in [0, 0.1) is 10.8 Å². The second-order valence-corrected chi connectivity index (χ2v) is 17.7. The number of alkyl halides is 2. The molecule has 232 valence electrons. The average molecular weight is 643 g/mol. The van der Waals surface area contributed by atoms with E-state index in [4.69, 9.17) is 23.2 Å². The monoisotopic (exact) mass is 642 g/mol. The molecule has 2 aliphatic rings. The number of rotatable bonds is 8. The van der Waals surface area contributed by atoms with Crippen molar-refractivity contribution in [2.45, 2.75) is 83.9 Å². The lowest BCUT2D eigenvalue weighted by Crippen LogP contribution is -2.26. The minimum atomic E-state index is -5.25. The van der Waals surface area contributed by atoms with Crippen molar-refractivity contribution in [3.05, 3.63) is 0 Å². The van der Waals surface area contributed by atoms with Gasteiger partial charge in [0.05, 0.1) is 10.8 Å². The molecule has 2 heterocycles. The van der Waals surface area contributed by atoms with Crippen molar-refractivity contribution in [2.24, 2.45) is 10.8 Å². The molecular weight excluding hydrogens is 597 g/mol. The lowest BCUT2D eigenvalue weighted by atomic mass is 9.98. The van der Waals surface area contributed by atoms with E-state index in [1.807, 2.05) is 0 Å². The van der Waals surface area contributed by atoms with Crippen LogP contribution in [0.5, 0.6) is 0 Å². The maximum Gasteiger partial charge on any atom is 0.379 e. The van der Waals surface area contributed by atoms with Gasteiger partial charge in [-0.25, -0.2) is 0 Å². The normalized spacial score (nSPS) is 19.5. The Kier molecular flexibility index (Phi) is 17.5. The van der Waals surface area contributed by atoms with E-state index < -0.39 is 55.4 Å². The van der Waals surface area contributed by atoms with Crippen LogP contribution < -0.4 is 10.6 Å². The lowest BCUT2D eigenvalue weighted by molar-refractivity contribution is -0.160. The molecule has 0 amide bonds. The minimum Gasteiger partial charge on any atom is -0.438 e. The molecule has 0 bridgehead atoms. The summed E-state index contributed by atoms with van der Waals surface area (Å²) in [5.74, 6) is -1.54. The first kappa shape index (κ1) is 38.7. The van der Waals surface area contributed by atoms with Crippen LogP contribution in [0.1, 0.15) is 80.1 Å². The molecular formula is C23H46Cl2N2O10P2. The molecule has 2 atom stereocenters. The summed E-state index contributed by atoms with van der Waals surface area (Å²) in [4.78, 5) is 42.7. The zero-order chi connectivity index (χ0) is 30.4. The molecule has 2 rings (SSSR count). The fraction of sp³-hybridized carbons (Fsp3) is 0.913. The molecule has 0 radical (unpaired) electrons. The van der Waals surface area contributed by atoms with Crippen LogP contribution >= 0.6 is 38.4 Å². The molecule has 39 heavy (non-hydrogen) atoms. The third kappa shape index (κ3) is 15.5. The zero-order valence-electron chi connectivity index (χ0n) is 23.8. The summed E-state index contributed by atoms with van der Waals surface area (Å²) in [6, 6.07) is 0. The Labute approximate surface area is 242 Å². The van der Waals surface area contributed by atoms with Crippen LogP contribution in [0.2, 0.25) is 0 Å². The number of hydrogen-bond acceptors (Lipinski definition) is 10. The van der Waals surface area contributed by atoms with Crippen LogP contribution in [0.4, 0.5) is 0 Å². The van der Waals surface area contributed by atoms with Crippen LogP contribution in [-0.2, 0) is 37.2 Å². The molecule has 0 spiro atoms. The first-order valence-electron chi connectivity index (χ1n) is 12.8. The van der Waals surface area contributed by atoms with Gasteiger partial charge in [0.25, 0.3) is 0 Å². The predicted molar refractivity (Wildman–Crippen MR) is 151 cm³/mol. The summed E-state index contributed by atoms with van der Waals surface area (Å²) < 4.78 is 39.0. The number of piperidine rings is 2. The summed E-state index contributed by atoms with van der Waals surface area (Å²) in [6.07, 6.45) is 8.43. The lowest BCUT2D eigenvalue weighted by Gasteiger charge is -2.28. The topological polar surface area (TPSA) is 170 Å². The van der Waals surface area contributed by atoms with Crippen molar-refractivity contribution < 1.29 is 47.0 Å². The van der Waals surface area contributed by atoms with E-state index in [0.29, 0.717) is 0 Å². The van der Waals surface area contributed by atoms with E-state index in [1.54, 1.807) is 0 Å². The van der Waals surface area contributed by atoms with E-state index in [9.17, 15) is 28.5 Å². The Hall–Kier alpha value is -0.260. The molecule has 2 unspecified atom stereocenters. The highest BCUT2D eigenvalue weighted by molar-refractivity contribution is 7.79. The van der Waals surface area contributed by atoms with Crippen molar-refractivity contribution >= 4 is 50.3 Å². The highest BCUT2D eigenvalue weighted by Crippen LogP contribution is 2.77. The number of ether oxygens (including phenoxy) is 2. The Balaban J connectivity index is 0.000000962. The number of carbonyl (C=O) groups is 2. The molecule has 0 aromatic heterocycles. The van der Waals surface area contributed by atoms with Gasteiger partial charge in [0.15, 0.2) is 0 Å². The summed E-state index contributed by atoms with van der Waals surface area (Å²) in [5.41, 5.74) is -1.84. The minimum absolute atomic E-state index is 0.769. The third-order valence-corrected chi connectivity index (χ3v) is 11.5. The zero-order valence-corrected chi connectivity index (χ0v) is 27.1. The van der Waals surface area contributed by atoms with Gasteiger partial charge in [0, 0.05) is 0 Å². The van der Waals surface area contributed by atoms with Gasteiger partial charge in [-0.3, -0.25) is 27.8 Å². The van der Waals surface area contributed by atoms with Gasteiger partial charge < -0.3 is 29.9 Å². The molecule has 2 saturated heterocycles. The number of esters is 2. The fourth-order valence-electron chi connectivity index (χ4n) is 2.65. The summed E-state index contributed by atoms with van der Waals surface area (Å²) in [6.45, 7) is 12.0. The summed E-state index contributed by atoms with van der Waals surface area (Å²) in [5, 5.41) is 6.57. The van der Waals surface area contributed by atoms with Crippen molar-refractivity contribution in [1.29, 1.82) is 0 Å². The largest absolute Gasteiger partial charge is 0.438 e. The number of carbonyl (C=O) groups excluding carboxylic acids is 2. The molecule has 0 saturated carbocycles. The van der Waals surface area contributed by atoms with Crippen LogP contribution in [-0.4, -0.2) is 65.3 Å². The molecule has 0 aliphatic carbocycles. The smallest absolute Gasteiger partial charge is 0.379 e. The number of hydrogen-bond donors (Lipinski definition) is 4. The Bertz CT molecular complexity index is 751. The molecule has 2 aliphatic heterocycles. The van der Waals surface area contributed by atoms with Crippen LogP contribution in [0.3, 0.4) is 0 Å². The molecule has 4 N–H and O–H groups in total. The number of nitrogens with one attached hydrogen (secondary N) is 2. The summed E-state index contributed by atoms with van der Waals surface area (Å²) in [7, 11) is -10.5. The van der Waals surface area contributed by atoms with E-state index in [1.165, 1.54) is 106 Å². The molecule has 2 fully saturated rings. The van der Waals surface area contributed by atoms with E-state index in [2.05, 4.69) is 29.2 Å². The van der Waals surface area contributed by atoms with E-state index in [-0.39, 0.29) is 0 Å². The molecule has 0 aromatic rings. The SMILES string of the molecule is C1CCNCC1.C1CCNCC1.CC(C)(C)C(=O)OCOP(=O)(O)C(Cl)(Cl)P(=O)(O)OCOC(=O)C(C)(C)C. The molecule has 16 heteroatoms. The standard InChI is InChI=1S/C13H24Cl2O10P2.2C5H11N/c1-11(2,3)9(16)22-7-24-26(18,19)13(14,15)27(20,21)25-8-23-10(17)12(4,5)6;2*1-2-4-6-5-3-1/h7-8H2,1-6H3,(H,18,19)(H,20,21);2*6H,1-5H2. The highest BCUT2D eigenvalue weighted by Gasteiger charge is 2.62. The van der Waals surface area contributed by atoms with Crippen molar-refractivity contribution in [2.75, 3.05) is 39.8 Å². The second kappa shape index (κ2) is 17.6. The molecule has 12 nitrogen and oxygen atoms in total. The van der Waals surface area contributed by atoms with Gasteiger partial charge in [-0.15, -0.1) is 0 Å². The fourth-order valence-corrected chi connectivity index (χ4v) is 5.57. The van der Waals surface area contributed by atoms with Crippen molar-refractivity contribution in [3.8, 4) is 0 Å². The highest BCUT2D eigenvalue weighted by atomic mass is 35.5. The van der Waals surface area contributed by atoms with Gasteiger partial charge in [-0.2, -0.15) is 0 Å². The van der Waals surface area contributed by atoms with Gasteiger partial charge >= 0.3 is 30.9 Å². The predicted octanol–water partition coefficient (Wildman–Crippen LogP) is 5.09. The first-order chi connectivity index (χ1) is 17.8. The van der Waals surface area contributed by atoms with Crippen molar-refractivity contribution in [1.82, 2.24) is 10.6 Å². The molecule has 0 aromatic carbocycles. The Morgan fingerprint density at radius 1 is 0.667 bits per heavy atom. The Morgan fingerprint density at radius 3 is 1.13 bits per heavy atom. The van der Waals surface area contributed by atoms with E-state index >= 15 is 0 Å². The van der Waals surface area contributed by atoms with Gasteiger partial charge in [-0.1, -0.05) is 36.0 Å². The maximum absolute atomic E-state index is 12.1. The van der Waals surface area contributed by atoms with Gasteiger partial charge in [0.1, 0.15) is 0 Å². The first-order valence-corrected chi connectivity index (χ1v) is 16.8.